The van der Waals surface area contributed by atoms with Crippen molar-refractivity contribution in [1.29, 1.82) is 0 Å². The number of aromatic nitrogens is 1. The number of rotatable bonds is 8. The number of piperazine rings is 1. The van der Waals surface area contributed by atoms with Gasteiger partial charge in [0.25, 0.3) is 11.6 Å². The molecule has 1 saturated heterocycles. The molecular formula is C19H21F2N5O7. The molecule has 0 unspecified atom stereocenters. The van der Waals surface area contributed by atoms with Gasteiger partial charge in [-0.25, -0.2) is 0 Å². The summed E-state index contributed by atoms with van der Waals surface area (Å²) in [6.45, 7) is -0.393. The van der Waals surface area contributed by atoms with Crippen LogP contribution in [0.3, 0.4) is 0 Å². The van der Waals surface area contributed by atoms with Gasteiger partial charge in [0.1, 0.15) is 11.3 Å². The Morgan fingerprint density at radius 3 is 2.48 bits per heavy atom. The molecule has 2 heterocycles. The molecule has 0 aliphatic carbocycles. The molecule has 1 aliphatic rings. The molecule has 1 aromatic carbocycles. The van der Waals surface area contributed by atoms with E-state index in [9.17, 15) is 28.5 Å². The first kappa shape index (κ1) is 23.8. The number of nitro groups is 1. The number of nitro benzene ring substituents is 1. The van der Waals surface area contributed by atoms with E-state index in [0.717, 1.165) is 19.2 Å². The number of benzene rings is 1. The fourth-order valence-corrected chi connectivity index (χ4v) is 3.31. The lowest BCUT2D eigenvalue weighted by Gasteiger charge is -2.34. The van der Waals surface area contributed by atoms with Crippen molar-refractivity contribution in [2.24, 2.45) is 0 Å². The van der Waals surface area contributed by atoms with E-state index in [1.807, 2.05) is 0 Å². The van der Waals surface area contributed by atoms with Gasteiger partial charge in [-0.3, -0.25) is 24.6 Å². The molecule has 1 aromatic heterocycles. The smallest absolute Gasteiger partial charge is 0.387 e. The summed E-state index contributed by atoms with van der Waals surface area (Å²) in [5.41, 5.74) is -0.993. The zero-order valence-corrected chi connectivity index (χ0v) is 17.7. The molecule has 0 atom stereocenters. The van der Waals surface area contributed by atoms with Crippen molar-refractivity contribution in [2.75, 3.05) is 45.2 Å². The normalized spacial score (nSPS) is 14.3. The second kappa shape index (κ2) is 10.2. The van der Waals surface area contributed by atoms with E-state index in [-0.39, 0.29) is 36.9 Å². The van der Waals surface area contributed by atoms with Gasteiger partial charge in [0.2, 0.25) is 5.91 Å². The molecule has 12 nitrogen and oxygen atoms in total. The Hall–Kier alpha value is -3.81. The first-order valence-corrected chi connectivity index (χ1v) is 9.74. The maximum atomic E-state index is 13.0. The SMILES string of the molecule is COc1cc(C(=O)N2CCN(CC(=O)Nc3cc(C)on3)CC2)c([N+](=O)[O-])cc1OC(F)F. The van der Waals surface area contributed by atoms with Crippen LogP contribution in [0.1, 0.15) is 16.1 Å². The molecule has 3 rings (SSSR count). The number of halogens is 2. The van der Waals surface area contributed by atoms with Crippen LogP contribution in [-0.2, 0) is 4.79 Å². The second-order valence-electron chi connectivity index (χ2n) is 7.10. The minimum atomic E-state index is -3.22. The van der Waals surface area contributed by atoms with Gasteiger partial charge in [0, 0.05) is 38.3 Å². The van der Waals surface area contributed by atoms with E-state index in [4.69, 9.17) is 9.26 Å². The first-order valence-electron chi connectivity index (χ1n) is 9.74. The van der Waals surface area contributed by atoms with Crippen molar-refractivity contribution in [1.82, 2.24) is 15.0 Å². The van der Waals surface area contributed by atoms with Crippen molar-refractivity contribution in [2.45, 2.75) is 13.5 Å². The van der Waals surface area contributed by atoms with Crippen LogP contribution in [0.4, 0.5) is 20.3 Å². The first-order chi connectivity index (χ1) is 15.7. The highest BCUT2D eigenvalue weighted by Crippen LogP contribution is 2.36. The lowest BCUT2D eigenvalue weighted by molar-refractivity contribution is -0.385. The third-order valence-electron chi connectivity index (χ3n) is 4.85. The summed E-state index contributed by atoms with van der Waals surface area (Å²) >= 11 is 0. The quantitative estimate of drug-likeness (QED) is 0.453. The number of ether oxygens (including phenoxy) is 2. The van der Waals surface area contributed by atoms with Crippen LogP contribution in [0.2, 0.25) is 0 Å². The zero-order chi connectivity index (χ0) is 24.1. The highest BCUT2D eigenvalue weighted by molar-refractivity contribution is 5.99. The fourth-order valence-electron chi connectivity index (χ4n) is 3.31. The fraction of sp³-hybridized carbons (Fsp3) is 0.421. The number of carbonyl (C=O) groups is 2. The lowest BCUT2D eigenvalue weighted by atomic mass is 10.1. The van der Waals surface area contributed by atoms with Gasteiger partial charge >= 0.3 is 6.61 Å². The number of aryl methyl sites for hydroxylation is 1. The number of hydrogen-bond acceptors (Lipinski definition) is 9. The summed E-state index contributed by atoms with van der Waals surface area (Å²) < 4.78 is 39.3. The molecule has 1 N–H and O–H groups in total. The van der Waals surface area contributed by atoms with Crippen LogP contribution in [0.5, 0.6) is 11.5 Å². The number of hydrogen-bond donors (Lipinski definition) is 1. The van der Waals surface area contributed by atoms with Crippen LogP contribution in [0, 0.1) is 17.0 Å². The zero-order valence-electron chi connectivity index (χ0n) is 17.7. The van der Waals surface area contributed by atoms with E-state index in [2.05, 4.69) is 15.2 Å². The lowest BCUT2D eigenvalue weighted by Crippen LogP contribution is -2.50. The van der Waals surface area contributed by atoms with Gasteiger partial charge in [-0.2, -0.15) is 8.78 Å². The molecule has 1 aliphatic heterocycles. The highest BCUT2D eigenvalue weighted by atomic mass is 19.3. The monoisotopic (exact) mass is 469 g/mol. The molecule has 33 heavy (non-hydrogen) atoms. The predicted molar refractivity (Wildman–Crippen MR) is 108 cm³/mol. The Labute approximate surface area is 186 Å². The third kappa shape index (κ3) is 5.91. The minimum Gasteiger partial charge on any atom is -0.493 e. The molecule has 0 radical (unpaired) electrons. The van der Waals surface area contributed by atoms with E-state index in [1.165, 1.54) is 4.90 Å². The molecule has 178 valence electrons. The standard InChI is InChI=1S/C19H21F2N5O7/c1-11-7-16(23-33-11)22-17(27)10-24-3-5-25(6-4-24)18(28)12-8-14(31-2)15(32-19(20)21)9-13(12)26(29)30/h7-9,19H,3-6,10H2,1-2H3,(H,22,23,27). The van der Waals surface area contributed by atoms with Crippen LogP contribution >= 0.6 is 0 Å². The van der Waals surface area contributed by atoms with Gasteiger partial charge in [-0.1, -0.05) is 5.16 Å². The summed E-state index contributed by atoms with van der Waals surface area (Å²) in [6, 6.07) is 3.33. The van der Waals surface area contributed by atoms with Crippen molar-refractivity contribution in [3.05, 3.63) is 39.6 Å². The van der Waals surface area contributed by atoms with Gasteiger partial charge in [0.15, 0.2) is 17.3 Å². The predicted octanol–water partition coefficient (Wildman–Crippen LogP) is 1.90. The molecule has 2 aromatic rings. The van der Waals surface area contributed by atoms with Crippen LogP contribution in [0.15, 0.2) is 22.7 Å². The van der Waals surface area contributed by atoms with E-state index >= 15 is 0 Å². The summed E-state index contributed by atoms with van der Waals surface area (Å²) in [4.78, 5) is 38.9. The highest BCUT2D eigenvalue weighted by Gasteiger charge is 2.31. The largest absolute Gasteiger partial charge is 0.493 e. The Morgan fingerprint density at radius 1 is 1.24 bits per heavy atom. The molecule has 0 spiro atoms. The third-order valence-corrected chi connectivity index (χ3v) is 4.85. The van der Waals surface area contributed by atoms with Crippen molar-refractivity contribution in [3.63, 3.8) is 0 Å². The van der Waals surface area contributed by atoms with Crippen molar-refractivity contribution in [3.8, 4) is 11.5 Å². The van der Waals surface area contributed by atoms with Crippen molar-refractivity contribution >= 4 is 23.3 Å². The summed E-state index contributed by atoms with van der Waals surface area (Å²) in [6.07, 6.45) is 0. The van der Waals surface area contributed by atoms with Gasteiger partial charge in [-0.15, -0.1) is 0 Å². The average Bonchev–Trinajstić information content (AvgIpc) is 3.17. The number of amides is 2. The summed E-state index contributed by atoms with van der Waals surface area (Å²) in [5, 5.41) is 17.7. The minimum absolute atomic E-state index is 0.0571. The maximum absolute atomic E-state index is 13.0. The molecule has 0 saturated carbocycles. The van der Waals surface area contributed by atoms with Gasteiger partial charge in [-0.05, 0) is 6.92 Å². The number of nitrogens with zero attached hydrogens (tertiary/aromatic N) is 4. The average molecular weight is 469 g/mol. The topological polar surface area (TPSA) is 140 Å². The second-order valence-corrected chi connectivity index (χ2v) is 7.10. The number of methoxy groups -OCH3 is 1. The van der Waals surface area contributed by atoms with Crippen molar-refractivity contribution < 1.29 is 37.3 Å². The van der Waals surface area contributed by atoms with E-state index in [0.29, 0.717) is 24.7 Å². The van der Waals surface area contributed by atoms with Gasteiger partial charge in [0.05, 0.1) is 24.6 Å². The number of carbonyl (C=O) groups excluding carboxylic acids is 2. The molecule has 1 fully saturated rings. The molecule has 14 heteroatoms. The maximum Gasteiger partial charge on any atom is 0.387 e. The summed E-state index contributed by atoms with van der Waals surface area (Å²) in [7, 11) is 1.16. The Morgan fingerprint density at radius 2 is 1.94 bits per heavy atom. The molecular weight excluding hydrogens is 448 g/mol. The Balaban J connectivity index is 1.66. The molecule has 0 bridgehead atoms. The van der Waals surface area contributed by atoms with Crippen LogP contribution < -0.4 is 14.8 Å². The van der Waals surface area contributed by atoms with Gasteiger partial charge < -0.3 is 24.2 Å². The van der Waals surface area contributed by atoms with Crippen LogP contribution in [-0.4, -0.2) is 78.1 Å². The number of nitrogens with one attached hydrogen (secondary N) is 1. The Kier molecular flexibility index (Phi) is 7.37. The van der Waals surface area contributed by atoms with Crippen LogP contribution in [0.25, 0.3) is 0 Å². The Bertz CT molecular complexity index is 1040. The van der Waals surface area contributed by atoms with E-state index in [1.54, 1.807) is 17.9 Å². The number of alkyl halides is 2. The van der Waals surface area contributed by atoms with E-state index < -0.39 is 28.9 Å². The molecule has 2 amide bonds. The number of anilines is 1. The summed E-state index contributed by atoms with van der Waals surface area (Å²) in [5.74, 6) is -0.899.